The van der Waals surface area contributed by atoms with Crippen molar-refractivity contribution in [3.05, 3.63) is 28.0 Å². The molecule has 6 heteroatoms. The summed E-state index contributed by atoms with van der Waals surface area (Å²) >= 11 is 11.2. The second-order valence-electron chi connectivity index (χ2n) is 2.74. The van der Waals surface area contributed by atoms with Crippen molar-refractivity contribution < 1.29 is 8.78 Å². The first-order chi connectivity index (χ1) is 7.10. The first kappa shape index (κ1) is 12.2. The van der Waals surface area contributed by atoms with Crippen molar-refractivity contribution in [2.45, 2.75) is 18.7 Å². The van der Waals surface area contributed by atoms with Crippen molar-refractivity contribution in [2.75, 3.05) is 0 Å². The highest BCUT2D eigenvalue weighted by atomic mass is 35.5. The molecule has 0 fully saturated rings. The fourth-order valence-electron chi connectivity index (χ4n) is 1.09. The molecule has 0 saturated heterocycles. The first-order valence-electron chi connectivity index (χ1n) is 3.99. The van der Waals surface area contributed by atoms with Crippen LogP contribution in [0.5, 0.6) is 0 Å². The molecule has 2 nitrogen and oxygen atoms in total. The van der Waals surface area contributed by atoms with Crippen LogP contribution in [-0.4, -0.2) is 4.98 Å². The summed E-state index contributed by atoms with van der Waals surface area (Å²) in [5.74, 6) is 0.00924. The third-order valence-electron chi connectivity index (χ3n) is 1.72. The Bertz CT molecular complexity index is 402. The molecule has 1 aromatic rings. The molecule has 0 bridgehead atoms. The van der Waals surface area contributed by atoms with Gasteiger partial charge in [-0.15, -0.1) is 11.6 Å². The summed E-state index contributed by atoms with van der Waals surface area (Å²) in [5, 5.41) is 8.34. The summed E-state index contributed by atoms with van der Waals surface area (Å²) in [4.78, 5) is 3.61. The number of aromatic nitrogens is 1. The van der Waals surface area contributed by atoms with Gasteiger partial charge in [0, 0.05) is 0 Å². The average molecular weight is 251 g/mol. The lowest BCUT2D eigenvalue weighted by atomic mass is 10.1. The predicted molar refractivity (Wildman–Crippen MR) is 53.1 cm³/mol. The molecule has 1 rings (SSSR count). The van der Waals surface area contributed by atoms with Crippen molar-refractivity contribution in [2.24, 2.45) is 0 Å². The summed E-state index contributed by atoms with van der Waals surface area (Å²) in [6, 6.07) is 3.30. The highest BCUT2D eigenvalue weighted by molar-refractivity contribution is 6.32. The molecule has 1 aromatic heterocycles. The van der Waals surface area contributed by atoms with Gasteiger partial charge in [-0.25, -0.2) is 13.8 Å². The lowest BCUT2D eigenvalue weighted by Gasteiger charge is -2.08. The quantitative estimate of drug-likeness (QED) is 0.771. The van der Waals surface area contributed by atoms with Gasteiger partial charge in [-0.3, -0.25) is 0 Å². The standard InChI is InChI=1S/C9H6Cl2F2N2/c10-4-6-3-5(1-2-14)7(11)8(15-6)9(12)13/h3,9H,1,4H2. The Balaban J connectivity index is 3.28. The number of rotatable bonds is 3. The van der Waals surface area contributed by atoms with Gasteiger partial charge in [0.25, 0.3) is 6.43 Å². The van der Waals surface area contributed by atoms with Crippen LogP contribution < -0.4 is 0 Å². The number of nitrogens with zero attached hydrogens (tertiary/aromatic N) is 2. The molecule has 0 atom stereocenters. The number of nitriles is 1. The van der Waals surface area contributed by atoms with Crippen LogP contribution in [0.1, 0.15) is 23.4 Å². The lowest BCUT2D eigenvalue weighted by Crippen LogP contribution is -2.00. The van der Waals surface area contributed by atoms with E-state index in [1.807, 2.05) is 6.07 Å². The van der Waals surface area contributed by atoms with Crippen LogP contribution in [0.4, 0.5) is 8.78 Å². The number of pyridine rings is 1. The van der Waals surface area contributed by atoms with Crippen LogP contribution in [0.2, 0.25) is 5.02 Å². The SMILES string of the molecule is N#CCc1cc(CCl)nc(C(F)F)c1Cl. The highest BCUT2D eigenvalue weighted by Gasteiger charge is 2.18. The number of hydrogen-bond acceptors (Lipinski definition) is 2. The van der Waals surface area contributed by atoms with E-state index in [4.69, 9.17) is 28.5 Å². The van der Waals surface area contributed by atoms with Gasteiger partial charge in [-0.05, 0) is 11.6 Å². The maximum atomic E-state index is 12.5. The van der Waals surface area contributed by atoms with Crippen LogP contribution in [0.3, 0.4) is 0 Å². The van der Waals surface area contributed by atoms with Gasteiger partial charge in [0.2, 0.25) is 0 Å². The van der Waals surface area contributed by atoms with Crippen LogP contribution in [-0.2, 0) is 12.3 Å². The molecule has 15 heavy (non-hydrogen) atoms. The maximum absolute atomic E-state index is 12.5. The topological polar surface area (TPSA) is 36.7 Å². The van der Waals surface area contributed by atoms with E-state index >= 15 is 0 Å². The monoisotopic (exact) mass is 250 g/mol. The zero-order valence-electron chi connectivity index (χ0n) is 7.48. The Hall–Kier alpha value is -0.920. The van der Waals surface area contributed by atoms with E-state index in [1.165, 1.54) is 6.07 Å². The molecule has 1 heterocycles. The molecule has 0 unspecified atom stereocenters. The van der Waals surface area contributed by atoms with Gasteiger partial charge in [-0.1, -0.05) is 11.6 Å². The maximum Gasteiger partial charge on any atom is 0.281 e. The fraction of sp³-hybridized carbons (Fsp3) is 0.333. The van der Waals surface area contributed by atoms with Crippen LogP contribution in [0.25, 0.3) is 0 Å². The van der Waals surface area contributed by atoms with E-state index in [0.717, 1.165) is 0 Å². The van der Waals surface area contributed by atoms with E-state index in [-0.39, 0.29) is 17.3 Å². The third kappa shape index (κ3) is 2.77. The molecule has 0 aliphatic heterocycles. The Kier molecular flexibility index (Phi) is 4.25. The Morgan fingerprint density at radius 1 is 1.53 bits per heavy atom. The minimum absolute atomic E-state index is 0.00924. The van der Waals surface area contributed by atoms with Gasteiger partial charge in [0.05, 0.1) is 29.1 Å². The number of halogens is 4. The summed E-state index contributed by atoms with van der Waals surface area (Å²) in [7, 11) is 0. The zero-order valence-corrected chi connectivity index (χ0v) is 8.99. The number of alkyl halides is 3. The Morgan fingerprint density at radius 2 is 2.20 bits per heavy atom. The molecule has 80 valence electrons. The van der Waals surface area contributed by atoms with Crippen molar-refractivity contribution in [3.8, 4) is 6.07 Å². The first-order valence-corrected chi connectivity index (χ1v) is 4.90. The van der Waals surface area contributed by atoms with E-state index in [0.29, 0.717) is 11.3 Å². The van der Waals surface area contributed by atoms with Crippen molar-refractivity contribution >= 4 is 23.2 Å². The van der Waals surface area contributed by atoms with E-state index in [1.54, 1.807) is 0 Å². The lowest BCUT2D eigenvalue weighted by molar-refractivity contribution is 0.146. The Labute approximate surface area is 95.4 Å². The van der Waals surface area contributed by atoms with Gasteiger partial charge in [0.15, 0.2) is 0 Å². The van der Waals surface area contributed by atoms with Crippen LogP contribution >= 0.6 is 23.2 Å². The van der Waals surface area contributed by atoms with E-state index in [9.17, 15) is 8.78 Å². The van der Waals surface area contributed by atoms with Gasteiger partial charge < -0.3 is 0 Å². The molecule has 0 N–H and O–H groups in total. The van der Waals surface area contributed by atoms with Crippen LogP contribution in [0, 0.1) is 11.3 Å². The summed E-state index contributed by atoms with van der Waals surface area (Å²) < 4.78 is 25.0. The summed E-state index contributed by atoms with van der Waals surface area (Å²) in [5.41, 5.74) is 0.113. The molecule has 0 radical (unpaired) electrons. The fourth-order valence-corrected chi connectivity index (χ4v) is 1.47. The number of hydrogen-bond donors (Lipinski definition) is 0. The molecule has 0 saturated carbocycles. The van der Waals surface area contributed by atoms with E-state index < -0.39 is 12.1 Å². The molecule has 0 aromatic carbocycles. The molecule has 0 amide bonds. The summed E-state index contributed by atoms with van der Waals surface area (Å²) in [6.45, 7) is 0. The van der Waals surface area contributed by atoms with Gasteiger partial charge >= 0.3 is 0 Å². The minimum Gasteiger partial charge on any atom is -0.249 e. The highest BCUT2D eigenvalue weighted by Crippen LogP contribution is 2.29. The molecule has 0 aliphatic rings. The van der Waals surface area contributed by atoms with Gasteiger partial charge in [0.1, 0.15) is 5.69 Å². The second-order valence-corrected chi connectivity index (χ2v) is 3.39. The third-order valence-corrected chi connectivity index (χ3v) is 2.44. The van der Waals surface area contributed by atoms with Crippen molar-refractivity contribution in [1.29, 1.82) is 5.26 Å². The molecule has 0 spiro atoms. The summed E-state index contributed by atoms with van der Waals surface area (Å²) in [6.07, 6.45) is -2.80. The Morgan fingerprint density at radius 3 is 2.67 bits per heavy atom. The predicted octanol–water partition coefficient (Wildman–Crippen LogP) is 3.48. The largest absolute Gasteiger partial charge is 0.281 e. The van der Waals surface area contributed by atoms with Gasteiger partial charge in [-0.2, -0.15) is 5.26 Å². The normalized spacial score (nSPS) is 10.4. The average Bonchev–Trinajstić information content (AvgIpc) is 2.21. The van der Waals surface area contributed by atoms with Crippen molar-refractivity contribution in [1.82, 2.24) is 4.98 Å². The molecular weight excluding hydrogens is 245 g/mol. The zero-order chi connectivity index (χ0) is 11.4. The molecular formula is C9H6Cl2F2N2. The second kappa shape index (κ2) is 5.24. The smallest absolute Gasteiger partial charge is 0.249 e. The minimum atomic E-state index is -2.77. The van der Waals surface area contributed by atoms with E-state index in [2.05, 4.69) is 4.98 Å². The van der Waals surface area contributed by atoms with Crippen molar-refractivity contribution in [3.63, 3.8) is 0 Å². The van der Waals surface area contributed by atoms with Crippen LogP contribution in [0.15, 0.2) is 6.07 Å². The molecule has 0 aliphatic carbocycles.